The predicted octanol–water partition coefficient (Wildman–Crippen LogP) is 3.56. The van der Waals surface area contributed by atoms with Gasteiger partial charge in [0.15, 0.2) is 0 Å². The van der Waals surface area contributed by atoms with Crippen molar-refractivity contribution in [1.29, 1.82) is 0 Å². The molecule has 1 heteroatoms. The molecule has 1 aliphatic carbocycles. The number of allylic oxidation sites excluding steroid dienone is 2. The van der Waals surface area contributed by atoms with Gasteiger partial charge in [-0.3, -0.25) is 0 Å². The second-order valence-electron chi connectivity index (χ2n) is 4.63. The molecule has 14 heavy (non-hydrogen) atoms. The summed E-state index contributed by atoms with van der Waals surface area (Å²) in [6.07, 6.45) is 9.31. The van der Waals surface area contributed by atoms with E-state index in [1.54, 1.807) is 0 Å². The van der Waals surface area contributed by atoms with Crippen LogP contribution in [0.4, 0.5) is 0 Å². The van der Waals surface area contributed by atoms with Crippen LogP contribution in [0.1, 0.15) is 33.6 Å². The fourth-order valence-corrected chi connectivity index (χ4v) is 2.40. The molecule has 1 rings (SSSR count). The third-order valence-corrected chi connectivity index (χ3v) is 3.32. The van der Waals surface area contributed by atoms with E-state index in [9.17, 15) is 0 Å². The standard InChI is InChI=1S/C13H23N/c1-5-6-7-12-11(9-14-4)8-13(12)10(2)3/h6-7,9-13H,5,8H2,1-4H3/b7-6-,14-9+. The Kier molecular flexibility index (Phi) is 4.37. The van der Waals surface area contributed by atoms with Gasteiger partial charge in [0.2, 0.25) is 0 Å². The van der Waals surface area contributed by atoms with Crippen LogP contribution in [-0.4, -0.2) is 13.3 Å². The van der Waals surface area contributed by atoms with E-state index in [0.717, 1.165) is 24.2 Å². The molecule has 0 radical (unpaired) electrons. The molecule has 1 fully saturated rings. The van der Waals surface area contributed by atoms with Crippen molar-refractivity contribution in [2.75, 3.05) is 7.05 Å². The second-order valence-corrected chi connectivity index (χ2v) is 4.63. The van der Waals surface area contributed by atoms with Crippen LogP contribution < -0.4 is 0 Å². The molecule has 0 N–H and O–H groups in total. The highest BCUT2D eigenvalue weighted by Crippen LogP contribution is 2.44. The summed E-state index contributed by atoms with van der Waals surface area (Å²) < 4.78 is 0. The number of hydrogen-bond acceptors (Lipinski definition) is 1. The maximum Gasteiger partial charge on any atom is 0.0273 e. The van der Waals surface area contributed by atoms with Gasteiger partial charge in [-0.05, 0) is 30.6 Å². The van der Waals surface area contributed by atoms with Crippen molar-refractivity contribution < 1.29 is 0 Å². The zero-order valence-electron chi connectivity index (χ0n) is 9.90. The molecule has 1 aliphatic rings. The topological polar surface area (TPSA) is 12.4 Å². The Morgan fingerprint density at radius 2 is 2.14 bits per heavy atom. The normalized spacial score (nSPS) is 33.1. The molecule has 0 aromatic carbocycles. The molecule has 0 amide bonds. The highest BCUT2D eigenvalue weighted by atomic mass is 14.7. The second kappa shape index (κ2) is 5.33. The third kappa shape index (κ3) is 2.46. The predicted molar refractivity (Wildman–Crippen MR) is 63.8 cm³/mol. The van der Waals surface area contributed by atoms with Gasteiger partial charge in [0.25, 0.3) is 0 Å². The summed E-state index contributed by atoms with van der Waals surface area (Å²) in [6, 6.07) is 0. The van der Waals surface area contributed by atoms with E-state index in [0.29, 0.717) is 5.92 Å². The van der Waals surface area contributed by atoms with E-state index < -0.39 is 0 Å². The Balaban J connectivity index is 2.56. The lowest BCUT2D eigenvalue weighted by Crippen LogP contribution is -2.39. The molecule has 0 aromatic rings. The smallest absolute Gasteiger partial charge is 0.0273 e. The Hall–Kier alpha value is -0.590. The third-order valence-electron chi connectivity index (χ3n) is 3.32. The zero-order valence-corrected chi connectivity index (χ0v) is 9.90. The van der Waals surface area contributed by atoms with Crippen LogP contribution >= 0.6 is 0 Å². The SMILES string of the molecule is CC/C=C\C1C(/C=N/C)CC1C(C)C. The molecule has 80 valence electrons. The van der Waals surface area contributed by atoms with Gasteiger partial charge in [0.1, 0.15) is 0 Å². The van der Waals surface area contributed by atoms with Gasteiger partial charge in [-0.2, -0.15) is 0 Å². The van der Waals surface area contributed by atoms with Crippen molar-refractivity contribution in [3.63, 3.8) is 0 Å². The van der Waals surface area contributed by atoms with E-state index in [-0.39, 0.29) is 0 Å². The summed E-state index contributed by atoms with van der Waals surface area (Å²) in [4.78, 5) is 4.15. The fraction of sp³-hybridized carbons (Fsp3) is 0.769. The summed E-state index contributed by atoms with van der Waals surface area (Å²) >= 11 is 0. The Labute approximate surface area is 88.3 Å². The van der Waals surface area contributed by atoms with Crippen LogP contribution in [0.2, 0.25) is 0 Å². The Morgan fingerprint density at radius 3 is 2.64 bits per heavy atom. The van der Waals surface area contributed by atoms with Gasteiger partial charge < -0.3 is 4.99 Å². The zero-order chi connectivity index (χ0) is 10.6. The van der Waals surface area contributed by atoms with Crippen molar-refractivity contribution in [3.8, 4) is 0 Å². The number of rotatable bonds is 4. The first-order valence-electron chi connectivity index (χ1n) is 5.79. The molecule has 1 saturated carbocycles. The molecule has 0 heterocycles. The minimum Gasteiger partial charge on any atom is -0.301 e. The van der Waals surface area contributed by atoms with Crippen molar-refractivity contribution in [3.05, 3.63) is 12.2 Å². The van der Waals surface area contributed by atoms with Gasteiger partial charge >= 0.3 is 0 Å². The number of aliphatic imine (C=N–C) groups is 1. The van der Waals surface area contributed by atoms with Gasteiger partial charge in [-0.1, -0.05) is 32.9 Å². The average molecular weight is 193 g/mol. The highest BCUT2D eigenvalue weighted by molar-refractivity contribution is 5.63. The lowest BCUT2D eigenvalue weighted by atomic mass is 9.61. The van der Waals surface area contributed by atoms with Crippen molar-refractivity contribution in [2.45, 2.75) is 33.6 Å². The monoisotopic (exact) mass is 193 g/mol. The molecule has 0 aromatic heterocycles. The Morgan fingerprint density at radius 1 is 1.43 bits per heavy atom. The average Bonchev–Trinajstić information content (AvgIpc) is 2.11. The molecule has 0 aliphatic heterocycles. The minimum atomic E-state index is 0.704. The molecule has 0 spiro atoms. The van der Waals surface area contributed by atoms with Crippen LogP contribution in [0.15, 0.2) is 17.1 Å². The van der Waals surface area contributed by atoms with E-state index in [4.69, 9.17) is 0 Å². The highest BCUT2D eigenvalue weighted by Gasteiger charge is 2.39. The lowest BCUT2D eigenvalue weighted by Gasteiger charge is -2.44. The summed E-state index contributed by atoms with van der Waals surface area (Å²) in [5, 5.41) is 0. The summed E-state index contributed by atoms with van der Waals surface area (Å²) in [7, 11) is 1.88. The maximum absolute atomic E-state index is 4.15. The van der Waals surface area contributed by atoms with Crippen LogP contribution in [0.5, 0.6) is 0 Å². The van der Waals surface area contributed by atoms with Gasteiger partial charge in [-0.25, -0.2) is 0 Å². The Bertz CT molecular complexity index is 215. The largest absolute Gasteiger partial charge is 0.301 e. The first-order valence-corrected chi connectivity index (χ1v) is 5.79. The number of nitrogens with zero attached hydrogens (tertiary/aromatic N) is 1. The van der Waals surface area contributed by atoms with Crippen molar-refractivity contribution in [1.82, 2.24) is 0 Å². The molecule has 3 atom stereocenters. The molecule has 0 bridgehead atoms. The molecule has 1 nitrogen and oxygen atoms in total. The van der Waals surface area contributed by atoms with E-state index in [1.165, 1.54) is 6.42 Å². The van der Waals surface area contributed by atoms with Crippen molar-refractivity contribution in [2.24, 2.45) is 28.7 Å². The van der Waals surface area contributed by atoms with E-state index >= 15 is 0 Å². The first-order chi connectivity index (χ1) is 6.70. The minimum absolute atomic E-state index is 0.704. The number of hydrogen-bond donors (Lipinski definition) is 0. The van der Waals surface area contributed by atoms with Crippen LogP contribution in [0.25, 0.3) is 0 Å². The summed E-state index contributed by atoms with van der Waals surface area (Å²) in [6.45, 7) is 6.86. The van der Waals surface area contributed by atoms with E-state index in [1.807, 2.05) is 7.05 Å². The van der Waals surface area contributed by atoms with E-state index in [2.05, 4.69) is 44.1 Å². The fourth-order valence-electron chi connectivity index (χ4n) is 2.40. The molecular weight excluding hydrogens is 170 g/mol. The first kappa shape index (κ1) is 11.5. The maximum atomic E-state index is 4.15. The lowest BCUT2D eigenvalue weighted by molar-refractivity contribution is 0.121. The molecular formula is C13H23N. The van der Waals surface area contributed by atoms with Gasteiger partial charge in [0.05, 0.1) is 0 Å². The van der Waals surface area contributed by atoms with Gasteiger partial charge in [-0.15, -0.1) is 0 Å². The van der Waals surface area contributed by atoms with Crippen molar-refractivity contribution >= 4 is 6.21 Å². The van der Waals surface area contributed by atoms with Crippen LogP contribution in [-0.2, 0) is 0 Å². The summed E-state index contributed by atoms with van der Waals surface area (Å²) in [5.74, 6) is 3.14. The van der Waals surface area contributed by atoms with Gasteiger partial charge in [0, 0.05) is 19.2 Å². The molecule has 0 saturated heterocycles. The quantitative estimate of drug-likeness (QED) is 0.478. The summed E-state index contributed by atoms with van der Waals surface area (Å²) in [5.41, 5.74) is 0. The molecule has 3 unspecified atom stereocenters. The van der Waals surface area contributed by atoms with Crippen LogP contribution in [0, 0.1) is 23.7 Å². The van der Waals surface area contributed by atoms with Crippen LogP contribution in [0.3, 0.4) is 0 Å².